The molecule has 0 unspecified atom stereocenters. The predicted molar refractivity (Wildman–Crippen MR) is 59.7 cm³/mol. The topological polar surface area (TPSA) is 91.9 Å². The molecule has 5 nitrogen and oxygen atoms in total. The normalized spacial score (nSPS) is 9.87. The van der Waals surface area contributed by atoms with Gasteiger partial charge in [0.15, 0.2) is 11.7 Å². The van der Waals surface area contributed by atoms with Gasteiger partial charge in [-0.3, -0.25) is 10.2 Å². The summed E-state index contributed by atoms with van der Waals surface area (Å²) in [7, 11) is 0. The SMILES string of the molecule is N=C(N)NCC(=O)C[CH]Cc1nccs1. The van der Waals surface area contributed by atoms with E-state index in [1.807, 2.05) is 11.8 Å². The van der Waals surface area contributed by atoms with Gasteiger partial charge in [-0.05, 0) is 6.42 Å². The lowest BCUT2D eigenvalue weighted by Gasteiger charge is -2.01. The molecule has 0 spiro atoms. The molecule has 0 aromatic carbocycles. The number of carbonyl (C=O) groups excluding carboxylic acids is 1. The summed E-state index contributed by atoms with van der Waals surface area (Å²) in [4.78, 5) is 15.3. The maximum absolute atomic E-state index is 11.2. The van der Waals surface area contributed by atoms with Crippen molar-refractivity contribution in [1.82, 2.24) is 10.3 Å². The molecule has 15 heavy (non-hydrogen) atoms. The van der Waals surface area contributed by atoms with E-state index in [0.29, 0.717) is 12.8 Å². The first-order valence-electron chi connectivity index (χ1n) is 4.48. The Kier molecular flexibility index (Phi) is 4.76. The molecule has 81 valence electrons. The lowest BCUT2D eigenvalue weighted by Crippen LogP contribution is -2.34. The molecular formula is C9H13N4OS. The van der Waals surface area contributed by atoms with Crippen LogP contribution in [0.2, 0.25) is 0 Å². The predicted octanol–water partition coefficient (Wildman–Crippen LogP) is 0.332. The maximum atomic E-state index is 11.2. The molecule has 6 heteroatoms. The highest BCUT2D eigenvalue weighted by atomic mass is 32.1. The molecule has 1 rings (SSSR count). The van der Waals surface area contributed by atoms with E-state index in [0.717, 1.165) is 5.01 Å². The number of rotatable bonds is 6. The Morgan fingerprint density at radius 3 is 3.13 bits per heavy atom. The number of carbonyl (C=O) groups is 1. The molecule has 0 saturated carbocycles. The average molecular weight is 225 g/mol. The van der Waals surface area contributed by atoms with Crippen molar-refractivity contribution in [3.63, 3.8) is 0 Å². The Morgan fingerprint density at radius 1 is 1.73 bits per heavy atom. The van der Waals surface area contributed by atoms with Gasteiger partial charge in [-0.15, -0.1) is 11.3 Å². The van der Waals surface area contributed by atoms with Crippen LogP contribution in [0.25, 0.3) is 0 Å². The van der Waals surface area contributed by atoms with Gasteiger partial charge < -0.3 is 11.1 Å². The summed E-state index contributed by atoms with van der Waals surface area (Å²) < 4.78 is 0. The molecule has 0 fully saturated rings. The highest BCUT2D eigenvalue weighted by Gasteiger charge is 2.03. The van der Waals surface area contributed by atoms with Gasteiger partial charge in [0.25, 0.3) is 0 Å². The van der Waals surface area contributed by atoms with Gasteiger partial charge in [-0.1, -0.05) is 0 Å². The van der Waals surface area contributed by atoms with Gasteiger partial charge >= 0.3 is 0 Å². The summed E-state index contributed by atoms with van der Waals surface area (Å²) >= 11 is 1.57. The van der Waals surface area contributed by atoms with Crippen molar-refractivity contribution in [2.24, 2.45) is 5.73 Å². The summed E-state index contributed by atoms with van der Waals surface area (Å²) in [6.07, 6.45) is 4.71. The molecule has 4 N–H and O–H groups in total. The van der Waals surface area contributed by atoms with Crippen LogP contribution >= 0.6 is 11.3 Å². The van der Waals surface area contributed by atoms with Crippen LogP contribution < -0.4 is 11.1 Å². The first kappa shape index (κ1) is 11.6. The molecule has 0 aliphatic heterocycles. The van der Waals surface area contributed by atoms with Crippen LogP contribution in [0.15, 0.2) is 11.6 Å². The summed E-state index contributed by atoms with van der Waals surface area (Å²) in [5, 5.41) is 12.2. The minimum atomic E-state index is -0.178. The van der Waals surface area contributed by atoms with Gasteiger partial charge in [0.05, 0.1) is 11.6 Å². The molecule has 1 radical (unpaired) electrons. The number of Topliss-reactive ketones (excluding diaryl/α,β-unsaturated/α-hetero) is 1. The van der Waals surface area contributed by atoms with Crippen molar-refractivity contribution < 1.29 is 4.79 Å². The Labute approximate surface area is 92.2 Å². The lowest BCUT2D eigenvalue weighted by atomic mass is 10.2. The number of hydrogen-bond acceptors (Lipinski definition) is 4. The third kappa shape index (κ3) is 5.11. The van der Waals surface area contributed by atoms with Crippen LogP contribution in [-0.4, -0.2) is 23.3 Å². The molecule has 0 aliphatic rings. The number of nitrogens with two attached hydrogens (primary N) is 1. The summed E-state index contributed by atoms with van der Waals surface area (Å²) in [5.74, 6) is -0.162. The van der Waals surface area contributed by atoms with Crippen molar-refractivity contribution in [3.05, 3.63) is 23.0 Å². The van der Waals surface area contributed by atoms with Crippen molar-refractivity contribution in [1.29, 1.82) is 5.41 Å². The second kappa shape index (κ2) is 6.13. The number of aromatic nitrogens is 1. The molecule has 1 heterocycles. The fraction of sp³-hybridized carbons (Fsp3) is 0.333. The van der Waals surface area contributed by atoms with Crippen LogP contribution in [0.3, 0.4) is 0 Å². The monoisotopic (exact) mass is 225 g/mol. The lowest BCUT2D eigenvalue weighted by molar-refractivity contribution is -0.117. The van der Waals surface area contributed by atoms with Crippen LogP contribution in [0.1, 0.15) is 11.4 Å². The quantitative estimate of drug-likeness (QED) is 0.480. The standard InChI is InChI=1S/C9H13N4OS/c10-9(11)13-6-7(14)2-1-3-8-12-4-5-15-8/h1,4-5H,2-3,6H2,(H4,10,11,13). The van der Waals surface area contributed by atoms with Crippen molar-refractivity contribution >= 4 is 23.1 Å². The zero-order valence-electron chi connectivity index (χ0n) is 8.19. The Hall–Kier alpha value is -1.43. The number of ketones is 1. The van der Waals surface area contributed by atoms with Crippen LogP contribution in [0, 0.1) is 11.8 Å². The minimum Gasteiger partial charge on any atom is -0.370 e. The summed E-state index contributed by atoms with van der Waals surface area (Å²) in [6, 6.07) is 0. The zero-order valence-corrected chi connectivity index (χ0v) is 9.01. The van der Waals surface area contributed by atoms with Gasteiger partial charge in [0, 0.05) is 24.4 Å². The van der Waals surface area contributed by atoms with Crippen LogP contribution in [0.5, 0.6) is 0 Å². The Bertz CT molecular complexity index is 323. The van der Waals surface area contributed by atoms with E-state index in [1.54, 1.807) is 17.5 Å². The minimum absolute atomic E-state index is 0.0155. The second-order valence-electron chi connectivity index (χ2n) is 2.93. The molecule has 0 atom stereocenters. The van der Waals surface area contributed by atoms with Crippen LogP contribution in [-0.2, 0) is 11.2 Å². The molecule has 0 aliphatic carbocycles. The van der Waals surface area contributed by atoms with E-state index in [2.05, 4.69) is 10.3 Å². The van der Waals surface area contributed by atoms with Crippen molar-refractivity contribution in [2.45, 2.75) is 12.8 Å². The van der Waals surface area contributed by atoms with E-state index in [-0.39, 0.29) is 18.3 Å². The number of nitrogens with one attached hydrogen (secondary N) is 2. The fourth-order valence-electron chi connectivity index (χ4n) is 0.976. The molecule has 1 aromatic rings. The van der Waals surface area contributed by atoms with E-state index in [1.165, 1.54) is 0 Å². The number of guanidine groups is 1. The number of nitrogens with zero attached hydrogens (tertiary/aromatic N) is 1. The van der Waals surface area contributed by atoms with Crippen molar-refractivity contribution in [3.8, 4) is 0 Å². The number of hydrogen-bond donors (Lipinski definition) is 3. The van der Waals surface area contributed by atoms with Gasteiger partial charge in [-0.2, -0.15) is 0 Å². The second-order valence-corrected chi connectivity index (χ2v) is 3.91. The molecular weight excluding hydrogens is 212 g/mol. The third-order valence-electron chi connectivity index (χ3n) is 1.65. The molecule has 0 bridgehead atoms. The molecule has 0 saturated heterocycles. The van der Waals surface area contributed by atoms with Gasteiger partial charge in [0.2, 0.25) is 0 Å². The van der Waals surface area contributed by atoms with E-state index in [4.69, 9.17) is 11.1 Å². The first-order chi connectivity index (χ1) is 7.18. The average Bonchev–Trinajstić information content (AvgIpc) is 2.67. The van der Waals surface area contributed by atoms with Crippen molar-refractivity contribution in [2.75, 3.05) is 6.54 Å². The molecule has 0 amide bonds. The fourth-order valence-corrected chi connectivity index (χ4v) is 1.59. The summed E-state index contributed by atoms with van der Waals surface area (Å²) in [5.41, 5.74) is 5.05. The Morgan fingerprint density at radius 2 is 2.53 bits per heavy atom. The van der Waals surface area contributed by atoms with Gasteiger partial charge in [-0.25, -0.2) is 4.98 Å². The smallest absolute Gasteiger partial charge is 0.186 e. The largest absolute Gasteiger partial charge is 0.370 e. The first-order valence-corrected chi connectivity index (χ1v) is 5.36. The highest BCUT2D eigenvalue weighted by Crippen LogP contribution is 2.07. The highest BCUT2D eigenvalue weighted by molar-refractivity contribution is 7.09. The van der Waals surface area contributed by atoms with E-state index >= 15 is 0 Å². The Balaban J connectivity index is 2.09. The van der Waals surface area contributed by atoms with E-state index < -0.39 is 0 Å². The molecule has 1 aromatic heterocycles. The third-order valence-corrected chi connectivity index (χ3v) is 2.45. The maximum Gasteiger partial charge on any atom is 0.186 e. The zero-order chi connectivity index (χ0) is 11.1. The van der Waals surface area contributed by atoms with E-state index in [9.17, 15) is 4.79 Å². The summed E-state index contributed by atoms with van der Waals surface area (Å²) in [6.45, 7) is 0.115. The van der Waals surface area contributed by atoms with Gasteiger partial charge in [0.1, 0.15) is 0 Å². The number of thiazole rings is 1. The van der Waals surface area contributed by atoms with Crippen LogP contribution in [0.4, 0.5) is 0 Å².